The molecule has 0 fully saturated rings. The lowest BCUT2D eigenvalue weighted by Gasteiger charge is -2.09. The van der Waals surface area contributed by atoms with Gasteiger partial charge >= 0.3 is 0 Å². The minimum Gasteiger partial charge on any atom is -0.211 e. The molecule has 0 radical (unpaired) electrons. The number of sulfonamides is 1. The Morgan fingerprint density at radius 2 is 1.70 bits per heavy atom. The first kappa shape index (κ1) is 14.7. The highest BCUT2D eigenvalue weighted by Crippen LogP contribution is 2.13. The standard InChI is InChI=1S/C15H16FNO2S/c1-12-6-2-3-7-13(12)10-11-17-20(18,19)15-9-5-4-8-14(15)16/h2-9,17H,10-11H2,1H3. The van der Waals surface area contributed by atoms with E-state index in [1.165, 1.54) is 18.2 Å². The summed E-state index contributed by atoms with van der Waals surface area (Å²) in [6.07, 6.45) is 0.570. The number of aryl methyl sites for hydroxylation is 1. The molecule has 0 aliphatic carbocycles. The molecule has 0 aliphatic heterocycles. The maximum absolute atomic E-state index is 13.5. The molecule has 0 heterocycles. The van der Waals surface area contributed by atoms with Crippen LogP contribution in [0.4, 0.5) is 4.39 Å². The fourth-order valence-corrected chi connectivity index (χ4v) is 3.06. The second kappa shape index (κ2) is 6.15. The van der Waals surface area contributed by atoms with Crippen LogP contribution in [0, 0.1) is 12.7 Å². The predicted molar refractivity (Wildman–Crippen MR) is 76.5 cm³/mol. The van der Waals surface area contributed by atoms with Gasteiger partial charge in [-0.15, -0.1) is 0 Å². The molecular formula is C15H16FNO2S. The van der Waals surface area contributed by atoms with E-state index in [9.17, 15) is 12.8 Å². The smallest absolute Gasteiger partial charge is 0.211 e. The van der Waals surface area contributed by atoms with Gasteiger partial charge in [0, 0.05) is 6.54 Å². The summed E-state index contributed by atoms with van der Waals surface area (Å²) >= 11 is 0. The molecule has 2 aromatic carbocycles. The van der Waals surface area contributed by atoms with Crippen LogP contribution >= 0.6 is 0 Å². The lowest BCUT2D eigenvalue weighted by atomic mass is 10.1. The van der Waals surface area contributed by atoms with Crippen molar-refractivity contribution >= 4 is 10.0 Å². The zero-order valence-corrected chi connectivity index (χ0v) is 12.0. The number of nitrogens with one attached hydrogen (secondary N) is 1. The molecule has 3 nitrogen and oxygen atoms in total. The molecule has 2 aromatic rings. The molecule has 0 bridgehead atoms. The number of hydrogen-bond acceptors (Lipinski definition) is 2. The Labute approximate surface area is 118 Å². The van der Waals surface area contributed by atoms with Crippen molar-refractivity contribution in [2.24, 2.45) is 0 Å². The fourth-order valence-electron chi connectivity index (χ4n) is 1.95. The van der Waals surface area contributed by atoms with Crippen molar-refractivity contribution in [3.63, 3.8) is 0 Å². The van der Waals surface area contributed by atoms with E-state index in [1.807, 2.05) is 31.2 Å². The summed E-state index contributed by atoms with van der Waals surface area (Å²) in [6, 6.07) is 13.1. The van der Waals surface area contributed by atoms with Crippen molar-refractivity contribution in [1.29, 1.82) is 0 Å². The Morgan fingerprint density at radius 1 is 1.05 bits per heavy atom. The van der Waals surface area contributed by atoms with Crippen molar-refractivity contribution < 1.29 is 12.8 Å². The highest BCUT2D eigenvalue weighted by Gasteiger charge is 2.17. The van der Waals surface area contributed by atoms with E-state index in [0.29, 0.717) is 6.42 Å². The molecule has 0 amide bonds. The Bertz CT molecular complexity index is 699. The minimum absolute atomic E-state index is 0.238. The van der Waals surface area contributed by atoms with Crippen LogP contribution in [0.15, 0.2) is 53.4 Å². The van der Waals surface area contributed by atoms with Crippen molar-refractivity contribution in [3.05, 3.63) is 65.5 Å². The SMILES string of the molecule is Cc1ccccc1CCNS(=O)(=O)c1ccccc1F. The van der Waals surface area contributed by atoms with Gasteiger partial charge in [-0.25, -0.2) is 17.5 Å². The first-order valence-corrected chi connectivity index (χ1v) is 7.78. The number of hydrogen-bond donors (Lipinski definition) is 1. The monoisotopic (exact) mass is 293 g/mol. The van der Waals surface area contributed by atoms with Gasteiger partial charge in [-0.05, 0) is 36.6 Å². The van der Waals surface area contributed by atoms with Gasteiger partial charge in [0.1, 0.15) is 10.7 Å². The Morgan fingerprint density at radius 3 is 2.40 bits per heavy atom. The second-order valence-electron chi connectivity index (χ2n) is 4.50. The molecule has 0 unspecified atom stereocenters. The van der Waals surface area contributed by atoms with Gasteiger partial charge in [-0.3, -0.25) is 0 Å². The molecule has 0 aliphatic rings. The first-order chi connectivity index (χ1) is 9.50. The van der Waals surface area contributed by atoms with Crippen molar-refractivity contribution in [2.45, 2.75) is 18.2 Å². The number of halogens is 1. The summed E-state index contributed by atoms with van der Waals surface area (Å²) in [6.45, 7) is 2.21. The lowest BCUT2D eigenvalue weighted by Crippen LogP contribution is -2.26. The quantitative estimate of drug-likeness (QED) is 0.921. The summed E-state index contributed by atoms with van der Waals surface area (Å²) < 4.78 is 39.9. The number of rotatable bonds is 5. The average Bonchev–Trinajstić information content (AvgIpc) is 2.41. The Hall–Kier alpha value is -1.72. The molecule has 20 heavy (non-hydrogen) atoms. The van der Waals surface area contributed by atoms with Gasteiger partial charge in [0.15, 0.2) is 0 Å². The molecule has 0 atom stereocenters. The summed E-state index contributed by atoms with van der Waals surface area (Å²) in [5, 5.41) is 0. The van der Waals surface area contributed by atoms with Crippen LogP contribution in [0.25, 0.3) is 0 Å². The molecule has 106 valence electrons. The zero-order valence-electron chi connectivity index (χ0n) is 11.1. The van der Waals surface area contributed by atoms with Gasteiger partial charge in [0.25, 0.3) is 0 Å². The topological polar surface area (TPSA) is 46.2 Å². The van der Waals surface area contributed by atoms with E-state index in [0.717, 1.165) is 17.2 Å². The molecule has 1 N–H and O–H groups in total. The molecule has 5 heteroatoms. The summed E-state index contributed by atoms with van der Waals surface area (Å²) in [7, 11) is -3.80. The summed E-state index contributed by atoms with van der Waals surface area (Å²) in [5.74, 6) is -0.740. The maximum Gasteiger partial charge on any atom is 0.243 e. The molecule has 0 spiro atoms. The molecule has 0 aromatic heterocycles. The normalized spacial score (nSPS) is 11.5. The molecule has 2 rings (SSSR count). The third-order valence-electron chi connectivity index (χ3n) is 3.07. The average molecular weight is 293 g/mol. The predicted octanol–water partition coefficient (Wildman–Crippen LogP) is 2.66. The van der Waals surface area contributed by atoms with E-state index in [-0.39, 0.29) is 11.4 Å². The van der Waals surface area contributed by atoms with E-state index in [1.54, 1.807) is 0 Å². The highest BCUT2D eigenvalue weighted by molar-refractivity contribution is 7.89. The number of benzene rings is 2. The second-order valence-corrected chi connectivity index (χ2v) is 6.24. The van der Waals surface area contributed by atoms with Crippen LogP contribution < -0.4 is 4.72 Å². The third kappa shape index (κ3) is 3.43. The van der Waals surface area contributed by atoms with E-state index in [4.69, 9.17) is 0 Å². The summed E-state index contributed by atoms with van der Waals surface area (Å²) in [4.78, 5) is -0.315. The summed E-state index contributed by atoms with van der Waals surface area (Å²) in [5.41, 5.74) is 2.18. The molecular weight excluding hydrogens is 277 g/mol. The van der Waals surface area contributed by atoms with Crippen molar-refractivity contribution in [1.82, 2.24) is 4.72 Å². The van der Waals surface area contributed by atoms with Gasteiger partial charge in [-0.2, -0.15) is 0 Å². The van der Waals surface area contributed by atoms with Crippen LogP contribution in [0.5, 0.6) is 0 Å². The first-order valence-electron chi connectivity index (χ1n) is 6.29. The zero-order chi connectivity index (χ0) is 14.6. The third-order valence-corrected chi connectivity index (χ3v) is 4.57. The van der Waals surface area contributed by atoms with Crippen molar-refractivity contribution in [3.8, 4) is 0 Å². The Balaban J connectivity index is 2.04. The van der Waals surface area contributed by atoms with Crippen LogP contribution in [0.3, 0.4) is 0 Å². The van der Waals surface area contributed by atoms with Crippen LogP contribution in [0.2, 0.25) is 0 Å². The van der Waals surface area contributed by atoms with Gasteiger partial charge in [0.05, 0.1) is 0 Å². The van der Waals surface area contributed by atoms with E-state index in [2.05, 4.69) is 4.72 Å². The fraction of sp³-hybridized carbons (Fsp3) is 0.200. The lowest BCUT2D eigenvalue weighted by molar-refractivity contribution is 0.557. The molecule has 0 saturated carbocycles. The van der Waals surface area contributed by atoms with Crippen molar-refractivity contribution in [2.75, 3.05) is 6.54 Å². The van der Waals surface area contributed by atoms with E-state index < -0.39 is 15.8 Å². The van der Waals surface area contributed by atoms with Crippen LogP contribution in [-0.2, 0) is 16.4 Å². The highest BCUT2D eigenvalue weighted by atomic mass is 32.2. The Kier molecular flexibility index (Phi) is 4.52. The van der Waals surface area contributed by atoms with Crippen LogP contribution in [-0.4, -0.2) is 15.0 Å². The van der Waals surface area contributed by atoms with Gasteiger partial charge < -0.3 is 0 Å². The molecule has 0 saturated heterocycles. The maximum atomic E-state index is 13.5. The van der Waals surface area contributed by atoms with Gasteiger partial charge in [0.2, 0.25) is 10.0 Å². The van der Waals surface area contributed by atoms with Gasteiger partial charge in [-0.1, -0.05) is 36.4 Å². The van der Waals surface area contributed by atoms with Crippen LogP contribution in [0.1, 0.15) is 11.1 Å². The van der Waals surface area contributed by atoms with E-state index >= 15 is 0 Å². The largest absolute Gasteiger partial charge is 0.243 e. The minimum atomic E-state index is -3.80.